The molecule has 1 aliphatic rings. The van der Waals surface area contributed by atoms with Crippen molar-refractivity contribution in [3.8, 4) is 0 Å². The fourth-order valence-electron chi connectivity index (χ4n) is 3.68. The quantitative estimate of drug-likeness (QED) is 0.834. The first-order valence-corrected chi connectivity index (χ1v) is 8.40. The van der Waals surface area contributed by atoms with E-state index in [2.05, 4.69) is 38.2 Å². The second-order valence-electron chi connectivity index (χ2n) is 6.79. The van der Waals surface area contributed by atoms with Crippen molar-refractivity contribution < 1.29 is 4.79 Å². The Kier molecular flexibility index (Phi) is 4.01. The molecule has 0 saturated carbocycles. The van der Waals surface area contributed by atoms with Crippen LogP contribution in [0, 0.1) is 34.6 Å². The highest BCUT2D eigenvalue weighted by atomic mass is 16.1. The Bertz CT molecular complexity index is 773. The molecule has 1 N–H and O–H groups in total. The number of aryl methyl sites for hydroxylation is 2. The molecule has 2 aromatic rings. The fourth-order valence-corrected chi connectivity index (χ4v) is 3.68. The third-order valence-electron chi connectivity index (χ3n) is 5.58. The molecule has 0 heterocycles. The predicted molar refractivity (Wildman–Crippen MR) is 96.5 cm³/mol. The number of nitrogens with one attached hydrogen (secondary N) is 1. The summed E-state index contributed by atoms with van der Waals surface area (Å²) >= 11 is 0. The Morgan fingerprint density at radius 3 is 2.04 bits per heavy atom. The molecule has 1 amide bonds. The number of amides is 1. The van der Waals surface area contributed by atoms with Crippen molar-refractivity contribution >= 4 is 11.6 Å². The smallest absolute Gasteiger partial charge is 0.256 e. The Morgan fingerprint density at radius 1 is 0.826 bits per heavy atom. The lowest BCUT2D eigenvalue weighted by Crippen LogP contribution is -2.17. The molecule has 0 saturated heterocycles. The van der Waals surface area contributed by atoms with Crippen LogP contribution >= 0.6 is 0 Å². The number of rotatable bonds is 2. The molecule has 3 rings (SSSR count). The standard InChI is InChI=1S/C21H25NO/c1-12-13(2)15(4)20(16(5)14(12)3)21(23)22-19-10-9-17-7-6-8-18(17)11-19/h9-11H,6-8H2,1-5H3,(H,22,23). The summed E-state index contributed by atoms with van der Waals surface area (Å²) in [5.74, 6) is 0.00384. The highest BCUT2D eigenvalue weighted by Gasteiger charge is 2.19. The second kappa shape index (κ2) is 5.84. The third-order valence-corrected chi connectivity index (χ3v) is 5.58. The van der Waals surface area contributed by atoms with Crippen molar-refractivity contribution in [2.75, 3.05) is 5.32 Å². The summed E-state index contributed by atoms with van der Waals surface area (Å²) in [6.45, 7) is 10.4. The zero-order valence-electron chi connectivity index (χ0n) is 14.8. The molecule has 0 unspecified atom stereocenters. The lowest BCUT2D eigenvalue weighted by Gasteiger charge is -2.18. The first kappa shape index (κ1) is 15.8. The molecule has 0 bridgehead atoms. The van der Waals surface area contributed by atoms with E-state index < -0.39 is 0 Å². The van der Waals surface area contributed by atoms with Crippen molar-refractivity contribution in [1.82, 2.24) is 0 Å². The Morgan fingerprint density at radius 2 is 1.39 bits per heavy atom. The van der Waals surface area contributed by atoms with E-state index in [1.807, 2.05) is 19.9 Å². The van der Waals surface area contributed by atoms with Gasteiger partial charge in [-0.25, -0.2) is 0 Å². The van der Waals surface area contributed by atoms with Crippen LogP contribution in [0.15, 0.2) is 18.2 Å². The summed E-state index contributed by atoms with van der Waals surface area (Å²) in [6.07, 6.45) is 3.51. The molecule has 0 aliphatic heterocycles. The summed E-state index contributed by atoms with van der Waals surface area (Å²) in [6, 6.07) is 6.32. The first-order valence-electron chi connectivity index (χ1n) is 8.40. The molecular formula is C21H25NO. The van der Waals surface area contributed by atoms with Crippen LogP contribution in [0.4, 0.5) is 5.69 Å². The van der Waals surface area contributed by atoms with Gasteiger partial charge in [0.15, 0.2) is 0 Å². The molecule has 0 aromatic heterocycles. The zero-order chi connectivity index (χ0) is 16.7. The van der Waals surface area contributed by atoms with E-state index in [0.717, 1.165) is 35.2 Å². The number of hydrogen-bond acceptors (Lipinski definition) is 1. The van der Waals surface area contributed by atoms with E-state index >= 15 is 0 Å². The monoisotopic (exact) mass is 307 g/mol. The SMILES string of the molecule is Cc1c(C)c(C)c(C(=O)Nc2ccc3c(c2)CCC3)c(C)c1C. The molecule has 2 nitrogen and oxygen atoms in total. The summed E-state index contributed by atoms with van der Waals surface area (Å²) < 4.78 is 0. The van der Waals surface area contributed by atoms with Crippen LogP contribution in [0.3, 0.4) is 0 Å². The van der Waals surface area contributed by atoms with Gasteiger partial charge in [0.25, 0.3) is 5.91 Å². The third kappa shape index (κ3) is 2.67. The maximum atomic E-state index is 12.9. The lowest BCUT2D eigenvalue weighted by atomic mass is 9.89. The molecule has 120 valence electrons. The van der Waals surface area contributed by atoms with Crippen molar-refractivity contribution in [2.45, 2.75) is 53.9 Å². The average molecular weight is 307 g/mol. The molecule has 0 fully saturated rings. The highest BCUT2D eigenvalue weighted by Crippen LogP contribution is 2.28. The van der Waals surface area contributed by atoms with Crippen LogP contribution in [0.1, 0.15) is 55.7 Å². The molecule has 0 radical (unpaired) electrons. The summed E-state index contributed by atoms with van der Waals surface area (Å²) in [4.78, 5) is 12.9. The topological polar surface area (TPSA) is 29.1 Å². The zero-order valence-corrected chi connectivity index (χ0v) is 14.8. The number of carbonyl (C=O) groups is 1. The van der Waals surface area contributed by atoms with Gasteiger partial charge in [0.1, 0.15) is 0 Å². The van der Waals surface area contributed by atoms with Crippen molar-refractivity contribution in [2.24, 2.45) is 0 Å². The van der Waals surface area contributed by atoms with Crippen LogP contribution in [-0.2, 0) is 12.8 Å². The molecule has 1 aliphatic carbocycles. The maximum absolute atomic E-state index is 12.9. The minimum absolute atomic E-state index is 0.00384. The van der Waals surface area contributed by atoms with Gasteiger partial charge in [0.05, 0.1) is 0 Å². The van der Waals surface area contributed by atoms with Crippen molar-refractivity contribution in [3.05, 3.63) is 62.7 Å². The Balaban J connectivity index is 1.95. The fraction of sp³-hybridized carbons (Fsp3) is 0.381. The van der Waals surface area contributed by atoms with E-state index in [4.69, 9.17) is 0 Å². The van der Waals surface area contributed by atoms with Crippen LogP contribution in [-0.4, -0.2) is 5.91 Å². The van der Waals surface area contributed by atoms with Crippen LogP contribution in [0.2, 0.25) is 0 Å². The lowest BCUT2D eigenvalue weighted by molar-refractivity contribution is 0.102. The number of fused-ring (bicyclic) bond motifs is 1. The minimum atomic E-state index is 0.00384. The largest absolute Gasteiger partial charge is 0.322 e. The summed E-state index contributed by atoms with van der Waals surface area (Å²) in [7, 11) is 0. The Hall–Kier alpha value is -2.09. The van der Waals surface area contributed by atoms with Crippen LogP contribution < -0.4 is 5.32 Å². The normalized spacial score (nSPS) is 13.1. The maximum Gasteiger partial charge on any atom is 0.256 e. The van der Waals surface area contributed by atoms with E-state index in [-0.39, 0.29) is 5.91 Å². The van der Waals surface area contributed by atoms with Gasteiger partial charge < -0.3 is 5.32 Å². The molecular weight excluding hydrogens is 282 g/mol. The van der Waals surface area contributed by atoms with Gasteiger partial charge >= 0.3 is 0 Å². The van der Waals surface area contributed by atoms with Gasteiger partial charge in [-0.15, -0.1) is 0 Å². The number of carbonyl (C=O) groups excluding carboxylic acids is 1. The number of hydrogen-bond donors (Lipinski definition) is 1. The van der Waals surface area contributed by atoms with Gasteiger partial charge in [0.2, 0.25) is 0 Å². The molecule has 0 spiro atoms. The first-order chi connectivity index (χ1) is 10.9. The molecule has 2 aromatic carbocycles. The summed E-state index contributed by atoms with van der Waals surface area (Å²) in [5.41, 5.74) is 10.4. The van der Waals surface area contributed by atoms with E-state index in [1.165, 1.54) is 34.2 Å². The van der Waals surface area contributed by atoms with E-state index in [9.17, 15) is 4.79 Å². The van der Waals surface area contributed by atoms with Gasteiger partial charge in [-0.1, -0.05) is 6.07 Å². The molecule has 2 heteroatoms. The molecule has 23 heavy (non-hydrogen) atoms. The molecule has 0 atom stereocenters. The van der Waals surface area contributed by atoms with Crippen LogP contribution in [0.25, 0.3) is 0 Å². The van der Waals surface area contributed by atoms with Crippen LogP contribution in [0.5, 0.6) is 0 Å². The summed E-state index contributed by atoms with van der Waals surface area (Å²) in [5, 5.41) is 3.10. The van der Waals surface area contributed by atoms with Crippen molar-refractivity contribution in [1.29, 1.82) is 0 Å². The van der Waals surface area contributed by atoms with E-state index in [1.54, 1.807) is 0 Å². The highest BCUT2D eigenvalue weighted by molar-refractivity contribution is 6.07. The predicted octanol–water partition coefficient (Wildman–Crippen LogP) is 4.97. The number of benzene rings is 2. The minimum Gasteiger partial charge on any atom is -0.322 e. The number of anilines is 1. The van der Waals surface area contributed by atoms with Crippen molar-refractivity contribution in [3.63, 3.8) is 0 Å². The van der Waals surface area contributed by atoms with E-state index in [0.29, 0.717) is 0 Å². The van der Waals surface area contributed by atoms with Gasteiger partial charge in [-0.3, -0.25) is 4.79 Å². The second-order valence-corrected chi connectivity index (χ2v) is 6.79. The average Bonchev–Trinajstić information content (AvgIpc) is 2.99. The van der Waals surface area contributed by atoms with Gasteiger partial charge in [0, 0.05) is 11.3 Å². The van der Waals surface area contributed by atoms with Gasteiger partial charge in [-0.05, 0) is 105 Å². The Labute approximate surface area is 138 Å². The van der Waals surface area contributed by atoms with Gasteiger partial charge in [-0.2, -0.15) is 0 Å².